The van der Waals surface area contributed by atoms with Crippen LogP contribution in [0, 0.1) is 3.57 Å². The second kappa shape index (κ2) is 3.89. The summed E-state index contributed by atoms with van der Waals surface area (Å²) in [4.78, 5) is 4.13. The van der Waals surface area contributed by atoms with Gasteiger partial charge in [-0.2, -0.15) is 5.10 Å². The zero-order chi connectivity index (χ0) is 11.2. The van der Waals surface area contributed by atoms with Crippen molar-refractivity contribution in [3.63, 3.8) is 0 Å². The number of halogens is 2. The van der Waals surface area contributed by atoms with Crippen LogP contribution in [0.4, 0.5) is 5.82 Å². The lowest BCUT2D eigenvalue weighted by Gasteiger charge is -2.08. The molecule has 0 aromatic carbocycles. The van der Waals surface area contributed by atoms with E-state index in [2.05, 4.69) is 62.5 Å². The van der Waals surface area contributed by atoms with E-state index in [0.717, 1.165) is 19.1 Å². The molecule has 4 nitrogen and oxygen atoms in total. The number of anilines is 1. The summed E-state index contributed by atoms with van der Waals surface area (Å²) in [5, 5.41) is 5.32. The zero-order valence-electron chi connectivity index (χ0n) is 8.33. The molecule has 2 heterocycles. The van der Waals surface area contributed by atoms with Gasteiger partial charge in [0.1, 0.15) is 10.4 Å². The molecule has 0 aliphatic carbocycles. The van der Waals surface area contributed by atoms with Crippen LogP contribution < -0.4 is 5.73 Å². The van der Waals surface area contributed by atoms with E-state index in [0.29, 0.717) is 11.9 Å². The Hall–Kier alpha value is -0.370. The standard InChI is InChI=1S/C9H10BrIN4/c1-4(2)15-7-5(11)3-13-9(12)6(7)8(10)14-15/h3-4H,1-2H3,(H2,12,13). The lowest BCUT2D eigenvalue weighted by atomic mass is 10.3. The van der Waals surface area contributed by atoms with E-state index in [-0.39, 0.29) is 0 Å². The van der Waals surface area contributed by atoms with Gasteiger partial charge in [0.15, 0.2) is 0 Å². The van der Waals surface area contributed by atoms with Crippen molar-refractivity contribution >= 4 is 55.2 Å². The van der Waals surface area contributed by atoms with Crippen LogP contribution in [0.1, 0.15) is 19.9 Å². The molecule has 15 heavy (non-hydrogen) atoms. The Morgan fingerprint density at radius 2 is 2.20 bits per heavy atom. The average molecular weight is 381 g/mol. The molecular weight excluding hydrogens is 371 g/mol. The summed E-state index contributed by atoms with van der Waals surface area (Å²) in [5.41, 5.74) is 6.89. The quantitative estimate of drug-likeness (QED) is 0.774. The summed E-state index contributed by atoms with van der Waals surface area (Å²) in [5.74, 6) is 0.518. The van der Waals surface area contributed by atoms with Crippen LogP contribution in [0.2, 0.25) is 0 Å². The molecule has 0 spiro atoms. The van der Waals surface area contributed by atoms with Crippen molar-refractivity contribution in [2.75, 3.05) is 5.73 Å². The van der Waals surface area contributed by atoms with Crippen LogP contribution in [-0.4, -0.2) is 14.8 Å². The SMILES string of the molecule is CC(C)n1nc(Br)c2c(N)ncc(I)c21. The molecule has 80 valence electrons. The first-order chi connectivity index (χ1) is 7.02. The number of fused-ring (bicyclic) bond motifs is 1. The molecule has 0 amide bonds. The predicted octanol–water partition coefficient (Wildman–Crippen LogP) is 2.96. The third-order valence-corrected chi connectivity index (χ3v) is 3.50. The number of nitrogens with zero attached hydrogens (tertiary/aromatic N) is 3. The van der Waals surface area contributed by atoms with Gasteiger partial charge >= 0.3 is 0 Å². The number of aromatic nitrogens is 3. The molecule has 0 bridgehead atoms. The molecule has 2 N–H and O–H groups in total. The first kappa shape index (κ1) is 11.1. The minimum absolute atomic E-state index is 0.300. The largest absolute Gasteiger partial charge is 0.383 e. The molecule has 2 aromatic rings. The Labute approximate surface area is 110 Å². The van der Waals surface area contributed by atoms with Crippen LogP contribution in [0.25, 0.3) is 10.9 Å². The molecule has 0 radical (unpaired) electrons. The Morgan fingerprint density at radius 1 is 1.53 bits per heavy atom. The third kappa shape index (κ3) is 1.73. The lowest BCUT2D eigenvalue weighted by molar-refractivity contribution is 0.547. The number of hydrogen-bond donors (Lipinski definition) is 1. The fourth-order valence-corrected chi connectivity index (χ4v) is 2.71. The Kier molecular flexibility index (Phi) is 2.89. The van der Waals surface area contributed by atoms with E-state index < -0.39 is 0 Å². The smallest absolute Gasteiger partial charge is 0.139 e. The fraction of sp³-hybridized carbons (Fsp3) is 0.333. The number of pyridine rings is 1. The minimum Gasteiger partial charge on any atom is -0.383 e. The van der Waals surface area contributed by atoms with E-state index in [4.69, 9.17) is 5.73 Å². The van der Waals surface area contributed by atoms with E-state index in [1.165, 1.54) is 0 Å². The van der Waals surface area contributed by atoms with Gasteiger partial charge in [-0.15, -0.1) is 0 Å². The maximum atomic E-state index is 5.84. The van der Waals surface area contributed by atoms with Gasteiger partial charge < -0.3 is 5.73 Å². The highest BCUT2D eigenvalue weighted by Crippen LogP contribution is 2.31. The summed E-state index contributed by atoms with van der Waals surface area (Å²) in [7, 11) is 0. The molecule has 2 aromatic heterocycles. The molecular formula is C9H10BrIN4. The van der Waals surface area contributed by atoms with E-state index >= 15 is 0 Å². The lowest BCUT2D eigenvalue weighted by Crippen LogP contribution is -2.04. The van der Waals surface area contributed by atoms with Crippen molar-refractivity contribution in [2.24, 2.45) is 0 Å². The summed E-state index contributed by atoms with van der Waals surface area (Å²) in [6.45, 7) is 4.18. The Balaban J connectivity index is 2.92. The highest BCUT2D eigenvalue weighted by Gasteiger charge is 2.16. The molecule has 6 heteroatoms. The molecule has 0 saturated heterocycles. The van der Waals surface area contributed by atoms with Crippen molar-refractivity contribution < 1.29 is 0 Å². The predicted molar refractivity (Wildman–Crippen MR) is 72.7 cm³/mol. The fourth-order valence-electron chi connectivity index (χ4n) is 1.49. The molecule has 2 rings (SSSR count). The number of nitrogens with two attached hydrogens (primary N) is 1. The first-order valence-electron chi connectivity index (χ1n) is 4.50. The van der Waals surface area contributed by atoms with Crippen LogP contribution in [-0.2, 0) is 0 Å². The highest BCUT2D eigenvalue weighted by atomic mass is 127. The van der Waals surface area contributed by atoms with Gasteiger partial charge in [-0.05, 0) is 52.4 Å². The first-order valence-corrected chi connectivity index (χ1v) is 6.37. The molecule has 0 aliphatic heterocycles. The van der Waals surface area contributed by atoms with Crippen molar-refractivity contribution in [1.82, 2.24) is 14.8 Å². The number of rotatable bonds is 1. The summed E-state index contributed by atoms with van der Waals surface area (Å²) >= 11 is 5.66. The average Bonchev–Trinajstić information content (AvgIpc) is 2.51. The molecule has 0 saturated carbocycles. The minimum atomic E-state index is 0.300. The van der Waals surface area contributed by atoms with Crippen LogP contribution in [0.15, 0.2) is 10.8 Å². The second-order valence-electron chi connectivity index (χ2n) is 3.54. The van der Waals surface area contributed by atoms with Crippen LogP contribution >= 0.6 is 38.5 Å². The zero-order valence-corrected chi connectivity index (χ0v) is 12.1. The van der Waals surface area contributed by atoms with Gasteiger partial charge in [0.2, 0.25) is 0 Å². The maximum absolute atomic E-state index is 5.84. The van der Waals surface area contributed by atoms with E-state index in [1.54, 1.807) is 6.20 Å². The van der Waals surface area contributed by atoms with Crippen molar-refractivity contribution in [3.8, 4) is 0 Å². The molecule has 0 aliphatic rings. The van der Waals surface area contributed by atoms with E-state index in [9.17, 15) is 0 Å². The van der Waals surface area contributed by atoms with Crippen LogP contribution in [0.3, 0.4) is 0 Å². The molecule has 0 fully saturated rings. The van der Waals surface area contributed by atoms with Gasteiger partial charge in [0, 0.05) is 12.2 Å². The van der Waals surface area contributed by atoms with Gasteiger partial charge in [-0.3, -0.25) is 4.68 Å². The van der Waals surface area contributed by atoms with Crippen molar-refractivity contribution in [3.05, 3.63) is 14.4 Å². The van der Waals surface area contributed by atoms with Gasteiger partial charge in [-0.1, -0.05) is 0 Å². The van der Waals surface area contributed by atoms with Gasteiger partial charge in [0.25, 0.3) is 0 Å². The summed E-state index contributed by atoms with van der Waals surface area (Å²) < 4.78 is 3.78. The van der Waals surface area contributed by atoms with E-state index in [1.807, 2.05) is 4.68 Å². The maximum Gasteiger partial charge on any atom is 0.139 e. The Morgan fingerprint density at radius 3 is 2.80 bits per heavy atom. The van der Waals surface area contributed by atoms with Crippen LogP contribution in [0.5, 0.6) is 0 Å². The van der Waals surface area contributed by atoms with Crippen molar-refractivity contribution in [2.45, 2.75) is 19.9 Å². The molecule has 0 unspecified atom stereocenters. The van der Waals surface area contributed by atoms with Crippen molar-refractivity contribution in [1.29, 1.82) is 0 Å². The van der Waals surface area contributed by atoms with Gasteiger partial charge in [0.05, 0.1) is 14.5 Å². The van der Waals surface area contributed by atoms with Gasteiger partial charge in [-0.25, -0.2) is 4.98 Å². The number of hydrogen-bond acceptors (Lipinski definition) is 3. The molecule has 0 atom stereocenters. The Bertz CT molecular complexity index is 520. The summed E-state index contributed by atoms with van der Waals surface area (Å²) in [6.07, 6.45) is 1.77. The monoisotopic (exact) mass is 380 g/mol. The number of nitrogen functional groups attached to an aromatic ring is 1. The highest BCUT2D eigenvalue weighted by molar-refractivity contribution is 14.1. The second-order valence-corrected chi connectivity index (χ2v) is 5.46. The summed E-state index contributed by atoms with van der Waals surface area (Å²) in [6, 6.07) is 0.300. The normalized spacial score (nSPS) is 11.5. The topological polar surface area (TPSA) is 56.7 Å². The third-order valence-electron chi connectivity index (χ3n) is 2.16.